The van der Waals surface area contributed by atoms with Gasteiger partial charge in [-0.05, 0) is 36.8 Å². The van der Waals surface area contributed by atoms with Crippen LogP contribution in [0.4, 0.5) is 0 Å². The third-order valence-electron chi connectivity index (χ3n) is 2.81. The molecule has 102 valence electrons. The topological polar surface area (TPSA) is 50.7 Å². The van der Waals surface area contributed by atoms with E-state index in [-0.39, 0.29) is 5.91 Å². The molecule has 0 aliphatic carbocycles. The summed E-state index contributed by atoms with van der Waals surface area (Å²) in [6.45, 7) is 2.02. The van der Waals surface area contributed by atoms with E-state index < -0.39 is 0 Å². The van der Waals surface area contributed by atoms with Crippen molar-refractivity contribution in [3.8, 4) is 5.75 Å². The van der Waals surface area contributed by atoms with Crippen LogP contribution < -0.4 is 10.2 Å². The summed E-state index contributed by atoms with van der Waals surface area (Å²) in [6.07, 6.45) is 1.61. The molecule has 0 heterocycles. The Labute approximate surface area is 118 Å². The van der Waals surface area contributed by atoms with Crippen LogP contribution in [0.1, 0.15) is 21.5 Å². The van der Waals surface area contributed by atoms with Crippen LogP contribution in [0.2, 0.25) is 0 Å². The first-order chi connectivity index (χ1) is 9.69. The van der Waals surface area contributed by atoms with Crippen LogP contribution in [0.3, 0.4) is 0 Å². The predicted molar refractivity (Wildman–Crippen MR) is 79.2 cm³/mol. The van der Waals surface area contributed by atoms with Crippen LogP contribution in [0.15, 0.2) is 53.6 Å². The molecule has 0 fully saturated rings. The van der Waals surface area contributed by atoms with Gasteiger partial charge in [-0.15, -0.1) is 0 Å². The summed E-state index contributed by atoms with van der Waals surface area (Å²) < 4.78 is 5.04. The Bertz CT molecular complexity index is 601. The van der Waals surface area contributed by atoms with E-state index in [0.717, 1.165) is 5.56 Å². The molecule has 0 saturated carbocycles. The van der Waals surface area contributed by atoms with Crippen LogP contribution in [-0.4, -0.2) is 19.2 Å². The zero-order chi connectivity index (χ0) is 14.4. The van der Waals surface area contributed by atoms with E-state index in [9.17, 15) is 4.79 Å². The second kappa shape index (κ2) is 6.52. The monoisotopic (exact) mass is 268 g/mol. The van der Waals surface area contributed by atoms with E-state index in [1.54, 1.807) is 37.6 Å². The number of carbonyl (C=O) groups is 1. The van der Waals surface area contributed by atoms with Gasteiger partial charge in [0.25, 0.3) is 5.91 Å². The number of aryl methyl sites for hydroxylation is 1. The van der Waals surface area contributed by atoms with Gasteiger partial charge in [-0.25, -0.2) is 5.43 Å². The molecule has 0 saturated heterocycles. The van der Waals surface area contributed by atoms with Gasteiger partial charge in [0, 0.05) is 5.56 Å². The fraction of sp³-hybridized carbons (Fsp3) is 0.125. The van der Waals surface area contributed by atoms with Gasteiger partial charge in [-0.2, -0.15) is 5.10 Å². The molecule has 4 nitrogen and oxygen atoms in total. The molecular weight excluding hydrogens is 252 g/mol. The number of amides is 1. The Morgan fingerprint density at radius 1 is 1.10 bits per heavy atom. The van der Waals surface area contributed by atoms with Crippen LogP contribution >= 0.6 is 0 Å². The number of hydrogen-bond donors (Lipinski definition) is 1. The number of hydrazone groups is 1. The van der Waals surface area contributed by atoms with Gasteiger partial charge >= 0.3 is 0 Å². The molecule has 2 aromatic carbocycles. The molecule has 0 aliphatic rings. The fourth-order valence-electron chi connectivity index (χ4n) is 1.62. The zero-order valence-corrected chi connectivity index (χ0v) is 11.5. The van der Waals surface area contributed by atoms with Crippen LogP contribution in [0.25, 0.3) is 0 Å². The van der Waals surface area contributed by atoms with Gasteiger partial charge in [0.05, 0.1) is 13.3 Å². The Balaban J connectivity index is 1.95. The molecule has 0 unspecified atom stereocenters. The first-order valence-corrected chi connectivity index (χ1v) is 6.23. The molecule has 2 rings (SSSR count). The number of methoxy groups -OCH3 is 1. The van der Waals surface area contributed by atoms with Crippen molar-refractivity contribution in [2.24, 2.45) is 5.10 Å². The minimum Gasteiger partial charge on any atom is -0.497 e. The average Bonchev–Trinajstić information content (AvgIpc) is 2.49. The summed E-state index contributed by atoms with van der Waals surface area (Å²) >= 11 is 0. The highest BCUT2D eigenvalue weighted by molar-refractivity contribution is 5.94. The van der Waals surface area contributed by atoms with Crippen molar-refractivity contribution in [3.63, 3.8) is 0 Å². The maximum absolute atomic E-state index is 11.8. The largest absolute Gasteiger partial charge is 0.497 e. The van der Waals surface area contributed by atoms with Crippen molar-refractivity contribution < 1.29 is 9.53 Å². The Morgan fingerprint density at radius 3 is 2.35 bits per heavy atom. The molecule has 0 aromatic heterocycles. The first kappa shape index (κ1) is 13.8. The lowest BCUT2D eigenvalue weighted by Gasteiger charge is -2.02. The Morgan fingerprint density at radius 2 is 1.75 bits per heavy atom. The molecule has 0 bridgehead atoms. The van der Waals surface area contributed by atoms with E-state index in [1.807, 2.05) is 31.2 Å². The lowest BCUT2D eigenvalue weighted by molar-refractivity contribution is 0.0955. The van der Waals surface area contributed by atoms with Crippen LogP contribution in [0, 0.1) is 6.92 Å². The Kier molecular flexibility index (Phi) is 4.50. The lowest BCUT2D eigenvalue weighted by atomic mass is 10.2. The molecule has 20 heavy (non-hydrogen) atoms. The SMILES string of the molecule is COc1ccc(C(=O)N/N=C/c2ccc(C)cc2)cc1. The number of ether oxygens (including phenoxy) is 1. The van der Waals surface area contributed by atoms with E-state index >= 15 is 0 Å². The third kappa shape index (κ3) is 3.68. The highest BCUT2D eigenvalue weighted by Crippen LogP contribution is 2.10. The summed E-state index contributed by atoms with van der Waals surface area (Å²) in [5.41, 5.74) is 5.14. The second-order valence-electron chi connectivity index (χ2n) is 4.34. The highest BCUT2D eigenvalue weighted by Gasteiger charge is 2.03. The molecular formula is C16H16N2O2. The van der Waals surface area contributed by atoms with Gasteiger partial charge in [0.2, 0.25) is 0 Å². The maximum Gasteiger partial charge on any atom is 0.271 e. The summed E-state index contributed by atoms with van der Waals surface area (Å²) in [6, 6.07) is 14.7. The van der Waals surface area contributed by atoms with Gasteiger partial charge in [0.15, 0.2) is 0 Å². The molecule has 1 amide bonds. The normalized spacial score (nSPS) is 10.5. The second-order valence-corrected chi connectivity index (χ2v) is 4.34. The minimum atomic E-state index is -0.254. The number of benzene rings is 2. The quantitative estimate of drug-likeness (QED) is 0.684. The number of carbonyl (C=O) groups excluding carboxylic acids is 1. The molecule has 4 heteroatoms. The molecule has 2 aromatic rings. The molecule has 0 atom stereocenters. The smallest absolute Gasteiger partial charge is 0.271 e. The molecule has 0 radical (unpaired) electrons. The van der Waals surface area contributed by atoms with Crippen molar-refractivity contribution >= 4 is 12.1 Å². The van der Waals surface area contributed by atoms with Crippen molar-refractivity contribution in [1.82, 2.24) is 5.43 Å². The molecule has 0 spiro atoms. The fourth-order valence-corrected chi connectivity index (χ4v) is 1.62. The van der Waals surface area contributed by atoms with Gasteiger partial charge < -0.3 is 4.74 Å². The van der Waals surface area contributed by atoms with Gasteiger partial charge in [0.1, 0.15) is 5.75 Å². The van der Waals surface area contributed by atoms with Crippen molar-refractivity contribution in [2.75, 3.05) is 7.11 Å². The maximum atomic E-state index is 11.8. The minimum absolute atomic E-state index is 0.254. The number of rotatable bonds is 4. The predicted octanol–water partition coefficient (Wildman–Crippen LogP) is 2.77. The van der Waals surface area contributed by atoms with Crippen LogP contribution in [-0.2, 0) is 0 Å². The lowest BCUT2D eigenvalue weighted by Crippen LogP contribution is -2.17. The van der Waals surface area contributed by atoms with E-state index in [2.05, 4.69) is 10.5 Å². The van der Waals surface area contributed by atoms with Gasteiger partial charge in [-0.1, -0.05) is 29.8 Å². The van der Waals surface area contributed by atoms with Crippen molar-refractivity contribution in [2.45, 2.75) is 6.92 Å². The zero-order valence-electron chi connectivity index (χ0n) is 11.5. The van der Waals surface area contributed by atoms with E-state index in [0.29, 0.717) is 11.3 Å². The number of nitrogens with one attached hydrogen (secondary N) is 1. The highest BCUT2D eigenvalue weighted by atomic mass is 16.5. The summed E-state index contributed by atoms with van der Waals surface area (Å²) in [4.78, 5) is 11.8. The number of hydrogen-bond acceptors (Lipinski definition) is 3. The summed E-state index contributed by atoms with van der Waals surface area (Å²) in [5.74, 6) is 0.459. The van der Waals surface area contributed by atoms with E-state index in [1.165, 1.54) is 5.56 Å². The van der Waals surface area contributed by atoms with Crippen molar-refractivity contribution in [3.05, 3.63) is 65.2 Å². The van der Waals surface area contributed by atoms with E-state index in [4.69, 9.17) is 4.74 Å². The third-order valence-corrected chi connectivity index (χ3v) is 2.81. The molecule has 1 N–H and O–H groups in total. The summed E-state index contributed by atoms with van der Waals surface area (Å²) in [5, 5.41) is 3.93. The molecule has 0 aliphatic heterocycles. The first-order valence-electron chi connectivity index (χ1n) is 6.23. The van der Waals surface area contributed by atoms with Gasteiger partial charge in [-0.3, -0.25) is 4.79 Å². The number of nitrogens with zero attached hydrogens (tertiary/aromatic N) is 1. The summed E-state index contributed by atoms with van der Waals surface area (Å²) in [7, 11) is 1.58. The Hall–Kier alpha value is -2.62. The van der Waals surface area contributed by atoms with Crippen LogP contribution in [0.5, 0.6) is 5.75 Å². The standard InChI is InChI=1S/C16H16N2O2/c1-12-3-5-13(6-4-12)11-17-18-16(19)14-7-9-15(20-2)10-8-14/h3-11H,1-2H3,(H,18,19)/b17-11+. The average molecular weight is 268 g/mol. The van der Waals surface area contributed by atoms with Crippen molar-refractivity contribution in [1.29, 1.82) is 0 Å².